The number of aryl methyl sites for hydroxylation is 1. The van der Waals surface area contributed by atoms with E-state index in [-0.39, 0.29) is 0 Å². The van der Waals surface area contributed by atoms with E-state index in [0.29, 0.717) is 5.11 Å². The number of thiocarbonyl (C=S) groups is 1. The Labute approximate surface area is 151 Å². The lowest BCUT2D eigenvalue weighted by Crippen LogP contribution is -2.27. The summed E-state index contributed by atoms with van der Waals surface area (Å²) in [6.45, 7) is 4.95. The van der Waals surface area contributed by atoms with Crippen molar-refractivity contribution in [2.24, 2.45) is 0 Å². The predicted octanol–water partition coefficient (Wildman–Crippen LogP) is 5.09. The Bertz CT molecular complexity index is 824. The van der Waals surface area contributed by atoms with Gasteiger partial charge >= 0.3 is 0 Å². The van der Waals surface area contributed by atoms with Crippen molar-refractivity contribution in [3.63, 3.8) is 0 Å². The second-order valence-electron chi connectivity index (χ2n) is 5.35. The second-order valence-corrected chi connectivity index (χ2v) is 6.96. The first kappa shape index (κ1) is 16.6. The van der Waals surface area contributed by atoms with E-state index in [1.807, 2.05) is 37.3 Å². The summed E-state index contributed by atoms with van der Waals surface area (Å²) in [5, 5.41) is 7.94. The molecule has 0 bridgehead atoms. The van der Waals surface area contributed by atoms with Crippen molar-refractivity contribution in [3.8, 4) is 21.8 Å². The van der Waals surface area contributed by atoms with Gasteiger partial charge in [0.1, 0.15) is 5.01 Å². The maximum atomic E-state index is 5.21. The van der Waals surface area contributed by atoms with Gasteiger partial charge in [0, 0.05) is 28.2 Å². The highest BCUT2D eigenvalue weighted by Gasteiger charge is 2.11. The highest BCUT2D eigenvalue weighted by Crippen LogP contribution is 2.33. The molecule has 0 saturated heterocycles. The molecule has 0 unspecified atom stereocenters. The van der Waals surface area contributed by atoms with Crippen LogP contribution in [0.5, 0.6) is 0 Å². The molecule has 0 fully saturated rings. The molecule has 2 N–H and O–H groups in total. The minimum atomic E-state index is 0.640. The van der Waals surface area contributed by atoms with Crippen LogP contribution in [0.3, 0.4) is 0 Å². The van der Waals surface area contributed by atoms with E-state index < -0.39 is 0 Å². The zero-order valence-electron chi connectivity index (χ0n) is 13.7. The Hall–Kier alpha value is -2.24. The number of benzene rings is 2. The number of rotatable bonds is 4. The Balaban J connectivity index is 1.82. The van der Waals surface area contributed by atoms with Crippen LogP contribution in [0.15, 0.2) is 54.6 Å². The summed E-state index contributed by atoms with van der Waals surface area (Å²) >= 11 is 6.93. The lowest BCUT2D eigenvalue weighted by Gasteiger charge is -2.09. The van der Waals surface area contributed by atoms with Gasteiger partial charge in [-0.2, -0.15) is 0 Å². The van der Waals surface area contributed by atoms with Crippen LogP contribution >= 0.6 is 23.6 Å². The Morgan fingerprint density at radius 3 is 2.42 bits per heavy atom. The lowest BCUT2D eigenvalue weighted by molar-refractivity contribution is 0.979. The largest absolute Gasteiger partial charge is 0.363 e. The van der Waals surface area contributed by atoms with Gasteiger partial charge in [-0.3, -0.25) is 0 Å². The third-order valence-electron chi connectivity index (χ3n) is 3.57. The van der Waals surface area contributed by atoms with Crippen molar-refractivity contribution >= 4 is 34.4 Å². The minimum Gasteiger partial charge on any atom is -0.363 e. The SMILES string of the molecule is CCNC(=S)Nc1ccc(-c2nc(-c3ccccc3)sc2C)cc1. The van der Waals surface area contributed by atoms with Crippen molar-refractivity contribution in [1.82, 2.24) is 10.3 Å². The molecular formula is C19H19N3S2. The Morgan fingerprint density at radius 2 is 1.75 bits per heavy atom. The number of thiazole rings is 1. The van der Waals surface area contributed by atoms with Crippen LogP contribution in [0.25, 0.3) is 21.8 Å². The van der Waals surface area contributed by atoms with Crippen LogP contribution in [-0.4, -0.2) is 16.6 Å². The molecule has 5 heteroatoms. The standard InChI is InChI=1S/C19H19N3S2/c1-3-20-19(23)21-16-11-9-14(10-12-16)17-13(2)24-18(22-17)15-7-5-4-6-8-15/h4-12H,3H2,1-2H3,(H2,20,21,23). The molecule has 3 nitrogen and oxygen atoms in total. The van der Waals surface area contributed by atoms with E-state index >= 15 is 0 Å². The number of hydrogen-bond acceptors (Lipinski definition) is 3. The average Bonchev–Trinajstić information content (AvgIpc) is 2.98. The molecule has 0 aliphatic heterocycles. The number of anilines is 1. The Kier molecular flexibility index (Phi) is 5.23. The van der Waals surface area contributed by atoms with Crippen LogP contribution < -0.4 is 10.6 Å². The van der Waals surface area contributed by atoms with Crippen molar-refractivity contribution in [2.75, 3.05) is 11.9 Å². The molecule has 0 saturated carbocycles. The van der Waals surface area contributed by atoms with Crippen molar-refractivity contribution in [2.45, 2.75) is 13.8 Å². The summed E-state index contributed by atoms with van der Waals surface area (Å²) in [6, 6.07) is 18.5. The molecule has 24 heavy (non-hydrogen) atoms. The number of hydrogen-bond donors (Lipinski definition) is 2. The number of aromatic nitrogens is 1. The summed E-state index contributed by atoms with van der Waals surface area (Å²) in [7, 11) is 0. The maximum Gasteiger partial charge on any atom is 0.170 e. The molecule has 1 aromatic heterocycles. The molecule has 0 atom stereocenters. The summed E-state index contributed by atoms with van der Waals surface area (Å²) in [6.07, 6.45) is 0. The molecule has 0 amide bonds. The number of nitrogens with zero attached hydrogens (tertiary/aromatic N) is 1. The fourth-order valence-electron chi connectivity index (χ4n) is 2.42. The third-order valence-corrected chi connectivity index (χ3v) is 4.84. The van der Waals surface area contributed by atoms with Gasteiger partial charge in [-0.25, -0.2) is 4.98 Å². The predicted molar refractivity (Wildman–Crippen MR) is 108 cm³/mol. The second kappa shape index (κ2) is 7.55. The first-order valence-corrected chi connectivity index (χ1v) is 9.08. The number of nitrogens with one attached hydrogen (secondary N) is 2. The summed E-state index contributed by atoms with van der Waals surface area (Å²) < 4.78 is 0. The van der Waals surface area contributed by atoms with E-state index in [0.717, 1.165) is 34.1 Å². The van der Waals surface area contributed by atoms with E-state index in [2.05, 4.69) is 41.8 Å². The molecule has 0 radical (unpaired) electrons. The van der Waals surface area contributed by atoms with E-state index in [4.69, 9.17) is 17.2 Å². The van der Waals surface area contributed by atoms with Crippen LogP contribution in [0.4, 0.5) is 5.69 Å². The van der Waals surface area contributed by atoms with Gasteiger partial charge < -0.3 is 10.6 Å². The summed E-state index contributed by atoms with van der Waals surface area (Å²) in [5.74, 6) is 0. The summed E-state index contributed by atoms with van der Waals surface area (Å²) in [5.41, 5.74) is 4.29. The summed E-state index contributed by atoms with van der Waals surface area (Å²) in [4.78, 5) is 6.05. The van der Waals surface area contributed by atoms with Gasteiger partial charge in [-0.15, -0.1) is 11.3 Å². The molecule has 1 heterocycles. The zero-order chi connectivity index (χ0) is 16.9. The molecule has 0 aliphatic rings. The molecule has 3 aromatic rings. The molecule has 122 valence electrons. The fraction of sp³-hybridized carbons (Fsp3) is 0.158. The van der Waals surface area contributed by atoms with Crippen LogP contribution in [0.1, 0.15) is 11.8 Å². The van der Waals surface area contributed by atoms with Gasteiger partial charge in [-0.1, -0.05) is 42.5 Å². The topological polar surface area (TPSA) is 37.0 Å². The first-order chi connectivity index (χ1) is 11.7. The van der Waals surface area contributed by atoms with Gasteiger partial charge in [-0.05, 0) is 38.2 Å². The fourth-order valence-corrected chi connectivity index (χ4v) is 3.62. The normalized spacial score (nSPS) is 10.4. The van der Waals surface area contributed by atoms with E-state index in [1.54, 1.807) is 11.3 Å². The highest BCUT2D eigenvalue weighted by atomic mass is 32.1. The molecular weight excluding hydrogens is 334 g/mol. The lowest BCUT2D eigenvalue weighted by atomic mass is 10.1. The van der Waals surface area contributed by atoms with Crippen molar-refractivity contribution < 1.29 is 0 Å². The van der Waals surface area contributed by atoms with E-state index in [9.17, 15) is 0 Å². The molecule has 3 rings (SSSR count). The van der Waals surface area contributed by atoms with Gasteiger partial charge in [0.25, 0.3) is 0 Å². The zero-order valence-corrected chi connectivity index (χ0v) is 15.3. The highest BCUT2D eigenvalue weighted by molar-refractivity contribution is 7.80. The quantitative estimate of drug-likeness (QED) is 0.641. The van der Waals surface area contributed by atoms with Crippen molar-refractivity contribution in [1.29, 1.82) is 0 Å². The minimum absolute atomic E-state index is 0.640. The molecule has 0 spiro atoms. The van der Waals surface area contributed by atoms with Crippen molar-refractivity contribution in [3.05, 3.63) is 59.5 Å². The van der Waals surface area contributed by atoms with Crippen LogP contribution in [0.2, 0.25) is 0 Å². The van der Waals surface area contributed by atoms with Crippen LogP contribution in [0, 0.1) is 6.92 Å². The smallest absolute Gasteiger partial charge is 0.170 e. The maximum absolute atomic E-state index is 5.21. The van der Waals surface area contributed by atoms with E-state index in [1.165, 1.54) is 4.88 Å². The third kappa shape index (κ3) is 3.80. The molecule has 0 aliphatic carbocycles. The van der Waals surface area contributed by atoms with Gasteiger partial charge in [0.05, 0.1) is 5.69 Å². The van der Waals surface area contributed by atoms with Gasteiger partial charge in [0.15, 0.2) is 5.11 Å². The first-order valence-electron chi connectivity index (χ1n) is 7.85. The van der Waals surface area contributed by atoms with Gasteiger partial charge in [0.2, 0.25) is 0 Å². The molecule has 2 aromatic carbocycles. The monoisotopic (exact) mass is 353 g/mol. The average molecular weight is 354 g/mol. The van der Waals surface area contributed by atoms with Crippen LogP contribution in [-0.2, 0) is 0 Å². The Morgan fingerprint density at radius 1 is 1.04 bits per heavy atom.